The van der Waals surface area contributed by atoms with Crippen LogP contribution in [0.4, 0.5) is 10.2 Å². The summed E-state index contributed by atoms with van der Waals surface area (Å²) in [6.45, 7) is -0.176. The summed E-state index contributed by atoms with van der Waals surface area (Å²) in [4.78, 5) is 11.8. The highest BCUT2D eigenvalue weighted by atomic mass is 19.1. The van der Waals surface area contributed by atoms with Gasteiger partial charge < -0.3 is 26.2 Å². The van der Waals surface area contributed by atoms with Gasteiger partial charge in [0, 0.05) is 12.1 Å². The van der Waals surface area contributed by atoms with E-state index >= 15 is 0 Å². The molecule has 9 heteroatoms. The van der Waals surface area contributed by atoms with Crippen LogP contribution in [0, 0.1) is 0 Å². The number of nitrogens with two attached hydrogens (primary N) is 2. The predicted octanol–water partition coefficient (Wildman–Crippen LogP) is -1.13. The van der Waals surface area contributed by atoms with E-state index in [1.165, 1.54) is 17.2 Å². The maximum absolute atomic E-state index is 14.3. The number of fused-ring (bicyclic) bond motifs is 1. The number of aliphatic hydroxyl groups excluding tert-OH is 2. The van der Waals surface area contributed by atoms with Crippen molar-refractivity contribution in [2.45, 2.75) is 18.2 Å². The molecule has 1 aliphatic rings. The summed E-state index contributed by atoms with van der Waals surface area (Å²) in [7, 11) is 0. The van der Waals surface area contributed by atoms with Crippen LogP contribution in [0.2, 0.25) is 0 Å². The molecule has 106 valence electrons. The van der Waals surface area contributed by atoms with E-state index < -0.39 is 24.1 Å². The molecule has 8 nitrogen and oxygen atoms in total. The van der Waals surface area contributed by atoms with Gasteiger partial charge in [0.1, 0.15) is 35.9 Å². The molecule has 0 aliphatic heterocycles. The Morgan fingerprint density at radius 1 is 1.30 bits per heavy atom. The smallest absolute Gasteiger partial charge is 0.166 e. The summed E-state index contributed by atoms with van der Waals surface area (Å²) in [5.74, 6) is -0.519. The number of rotatable bonds is 2. The molecular formula is C11H13FN6O2. The van der Waals surface area contributed by atoms with E-state index in [1.807, 2.05) is 0 Å². The summed E-state index contributed by atoms with van der Waals surface area (Å²) in [6.07, 6.45) is -0.183. The Hall–Kier alpha value is -2.10. The fourth-order valence-electron chi connectivity index (χ4n) is 2.44. The van der Waals surface area contributed by atoms with E-state index in [9.17, 15) is 14.6 Å². The number of nitrogens with zero attached hydrogens (tertiary/aromatic N) is 4. The van der Waals surface area contributed by atoms with Gasteiger partial charge in [0.15, 0.2) is 11.5 Å². The van der Waals surface area contributed by atoms with Crippen LogP contribution in [0.1, 0.15) is 6.04 Å². The van der Waals surface area contributed by atoms with Gasteiger partial charge in [-0.1, -0.05) is 0 Å². The number of aromatic nitrogens is 4. The molecule has 1 aliphatic carbocycles. The molecule has 3 rings (SSSR count). The van der Waals surface area contributed by atoms with Gasteiger partial charge in [-0.05, 0) is 0 Å². The average Bonchev–Trinajstić information content (AvgIpc) is 2.92. The van der Waals surface area contributed by atoms with E-state index in [2.05, 4.69) is 15.0 Å². The lowest BCUT2D eigenvalue weighted by Gasteiger charge is -2.18. The van der Waals surface area contributed by atoms with Gasteiger partial charge in [-0.25, -0.2) is 19.3 Å². The van der Waals surface area contributed by atoms with Crippen molar-refractivity contribution in [3.05, 3.63) is 24.1 Å². The maximum atomic E-state index is 14.3. The van der Waals surface area contributed by atoms with E-state index in [-0.39, 0.29) is 23.6 Å². The maximum Gasteiger partial charge on any atom is 0.166 e. The number of halogens is 1. The quantitative estimate of drug-likeness (QED) is 0.546. The van der Waals surface area contributed by atoms with Crippen LogP contribution in [0.5, 0.6) is 0 Å². The molecule has 0 radical (unpaired) electrons. The lowest BCUT2D eigenvalue weighted by atomic mass is 10.1. The summed E-state index contributed by atoms with van der Waals surface area (Å²) in [6, 6.07) is -1.12. The van der Waals surface area contributed by atoms with Crippen molar-refractivity contribution in [2.75, 3.05) is 12.3 Å². The highest BCUT2D eigenvalue weighted by Crippen LogP contribution is 2.38. The minimum atomic E-state index is -1.36. The number of hydrogen-bond acceptors (Lipinski definition) is 7. The highest BCUT2D eigenvalue weighted by Gasteiger charge is 2.43. The van der Waals surface area contributed by atoms with Crippen LogP contribution in [0.3, 0.4) is 0 Å². The first-order chi connectivity index (χ1) is 9.56. The van der Waals surface area contributed by atoms with Crippen molar-refractivity contribution >= 4 is 17.0 Å². The summed E-state index contributed by atoms with van der Waals surface area (Å²) in [5.41, 5.74) is 11.6. The van der Waals surface area contributed by atoms with Crippen LogP contribution in [-0.2, 0) is 0 Å². The first-order valence-electron chi connectivity index (χ1n) is 5.94. The van der Waals surface area contributed by atoms with E-state index in [0.29, 0.717) is 5.52 Å². The second-order valence-corrected chi connectivity index (χ2v) is 4.54. The van der Waals surface area contributed by atoms with Gasteiger partial charge in [0.05, 0.1) is 6.33 Å². The minimum Gasteiger partial charge on any atom is -0.387 e. The van der Waals surface area contributed by atoms with Crippen molar-refractivity contribution < 1.29 is 14.6 Å². The third-order valence-electron chi connectivity index (χ3n) is 3.48. The lowest BCUT2D eigenvalue weighted by Crippen LogP contribution is -2.31. The molecule has 3 atom stereocenters. The number of aliphatic hydroxyl groups is 2. The molecule has 6 N–H and O–H groups in total. The standard InChI is InChI=1S/C11H13FN6O2/c12-5-4(1-13)8(19)9(20)7(5)18-3-17-6-10(14)15-2-16-11(6)18/h2-3,7-9,19-20H,1,13H2,(H2,14,15,16)/t7-,8-,9+/m1/s1. The van der Waals surface area contributed by atoms with Crippen LogP contribution < -0.4 is 11.5 Å². The minimum absolute atomic E-state index is 0.0219. The summed E-state index contributed by atoms with van der Waals surface area (Å²) >= 11 is 0. The Bertz CT molecular complexity index is 699. The molecule has 0 unspecified atom stereocenters. The molecule has 0 saturated heterocycles. The van der Waals surface area contributed by atoms with Gasteiger partial charge in [-0.2, -0.15) is 0 Å². The zero-order valence-electron chi connectivity index (χ0n) is 10.3. The molecule has 0 bridgehead atoms. The second-order valence-electron chi connectivity index (χ2n) is 4.54. The Morgan fingerprint density at radius 2 is 2.05 bits per heavy atom. The number of anilines is 1. The van der Waals surface area contributed by atoms with Crippen molar-refractivity contribution in [3.8, 4) is 0 Å². The van der Waals surface area contributed by atoms with Gasteiger partial charge in [-0.3, -0.25) is 0 Å². The van der Waals surface area contributed by atoms with Gasteiger partial charge >= 0.3 is 0 Å². The Kier molecular flexibility index (Phi) is 2.89. The largest absolute Gasteiger partial charge is 0.387 e. The summed E-state index contributed by atoms with van der Waals surface area (Å²) in [5, 5.41) is 19.8. The molecule has 20 heavy (non-hydrogen) atoms. The first kappa shape index (κ1) is 12.9. The molecule has 0 amide bonds. The molecule has 0 fully saturated rings. The zero-order chi connectivity index (χ0) is 14.4. The van der Waals surface area contributed by atoms with Gasteiger partial charge in [0.25, 0.3) is 0 Å². The fraction of sp³-hybridized carbons (Fsp3) is 0.364. The van der Waals surface area contributed by atoms with Crippen LogP contribution in [0.25, 0.3) is 11.2 Å². The first-order valence-corrected chi connectivity index (χ1v) is 5.94. The molecule has 0 spiro atoms. The SMILES string of the molecule is NCC1=C(F)[C@@H](n2cnc3c(N)ncnc32)[C@H](O)[C@@H]1O. The molecule has 0 saturated carbocycles. The Morgan fingerprint density at radius 3 is 2.70 bits per heavy atom. The predicted molar refractivity (Wildman–Crippen MR) is 68.0 cm³/mol. The molecular weight excluding hydrogens is 267 g/mol. The zero-order valence-corrected chi connectivity index (χ0v) is 10.3. The van der Waals surface area contributed by atoms with Crippen molar-refractivity contribution in [3.63, 3.8) is 0 Å². The fourth-order valence-corrected chi connectivity index (χ4v) is 2.44. The van der Waals surface area contributed by atoms with Crippen LogP contribution >= 0.6 is 0 Å². The van der Waals surface area contributed by atoms with Crippen LogP contribution in [-0.4, -0.2) is 48.5 Å². The Balaban J connectivity index is 2.17. The molecule has 2 aromatic rings. The van der Waals surface area contributed by atoms with Crippen molar-refractivity contribution in [1.29, 1.82) is 0 Å². The normalized spacial score (nSPS) is 26.7. The Labute approximate surface area is 112 Å². The average molecular weight is 280 g/mol. The topological polar surface area (TPSA) is 136 Å². The number of hydrogen-bond donors (Lipinski definition) is 4. The lowest BCUT2D eigenvalue weighted by molar-refractivity contribution is 0.0293. The molecule has 2 heterocycles. The third-order valence-corrected chi connectivity index (χ3v) is 3.48. The van der Waals surface area contributed by atoms with Crippen LogP contribution in [0.15, 0.2) is 24.1 Å². The van der Waals surface area contributed by atoms with Crippen molar-refractivity contribution in [1.82, 2.24) is 19.5 Å². The van der Waals surface area contributed by atoms with Gasteiger partial charge in [-0.15, -0.1) is 0 Å². The van der Waals surface area contributed by atoms with Gasteiger partial charge in [0.2, 0.25) is 0 Å². The van der Waals surface area contributed by atoms with Crippen molar-refractivity contribution in [2.24, 2.45) is 5.73 Å². The second kappa shape index (κ2) is 4.47. The van der Waals surface area contributed by atoms with E-state index in [1.54, 1.807) is 0 Å². The summed E-state index contributed by atoms with van der Waals surface area (Å²) < 4.78 is 15.6. The highest BCUT2D eigenvalue weighted by molar-refractivity contribution is 5.81. The molecule has 0 aromatic carbocycles. The van der Waals surface area contributed by atoms with E-state index in [0.717, 1.165) is 0 Å². The third kappa shape index (κ3) is 1.60. The monoisotopic (exact) mass is 280 g/mol. The number of imidazole rings is 1. The molecule has 2 aromatic heterocycles. The van der Waals surface area contributed by atoms with E-state index in [4.69, 9.17) is 11.5 Å². The number of nitrogen functional groups attached to an aromatic ring is 1.